The first-order valence-electron chi connectivity index (χ1n) is 10.7. The summed E-state index contributed by atoms with van der Waals surface area (Å²) < 4.78 is 0. The van der Waals surface area contributed by atoms with Gasteiger partial charge in [0.1, 0.15) is 5.75 Å². The van der Waals surface area contributed by atoms with Gasteiger partial charge in [-0.25, -0.2) is 0 Å². The third kappa shape index (κ3) is 2.18. The zero-order valence-electron chi connectivity index (χ0n) is 15.9. The van der Waals surface area contributed by atoms with Crippen LogP contribution in [0.1, 0.15) is 54.4 Å². The van der Waals surface area contributed by atoms with Crippen LogP contribution in [0.3, 0.4) is 0 Å². The molecule has 6 rings (SSSR count). The number of fused-ring (bicyclic) bond motifs is 4. The Bertz CT molecular complexity index is 917. The molecule has 1 saturated heterocycles. The van der Waals surface area contributed by atoms with Gasteiger partial charge in [-0.15, -0.1) is 0 Å². The van der Waals surface area contributed by atoms with Crippen LogP contribution in [-0.4, -0.2) is 17.7 Å². The highest BCUT2D eigenvalue weighted by Crippen LogP contribution is 2.56. The van der Waals surface area contributed by atoms with Crippen LogP contribution in [0.5, 0.6) is 5.75 Å². The average molecular weight is 361 g/mol. The molecule has 1 unspecified atom stereocenters. The number of nitrogens with one attached hydrogen (secondary N) is 2. The van der Waals surface area contributed by atoms with E-state index in [0.29, 0.717) is 17.2 Å². The Balaban J connectivity index is 1.55. The number of anilines is 2. The molecule has 2 heterocycles. The molecule has 2 bridgehead atoms. The van der Waals surface area contributed by atoms with Crippen molar-refractivity contribution in [2.24, 2.45) is 5.92 Å². The normalized spacial score (nSPS) is 30.8. The first-order valence-corrected chi connectivity index (χ1v) is 10.7. The third-order valence-electron chi connectivity index (χ3n) is 7.97. The van der Waals surface area contributed by atoms with Gasteiger partial charge in [0.2, 0.25) is 0 Å². The highest BCUT2D eigenvalue weighted by atomic mass is 16.3. The zero-order chi connectivity index (χ0) is 18.0. The minimum absolute atomic E-state index is 0.299. The Morgan fingerprint density at radius 1 is 1.04 bits per heavy atom. The highest BCUT2D eigenvalue weighted by Gasteiger charge is 2.52. The number of piperidine rings is 1. The first-order chi connectivity index (χ1) is 13.3. The summed E-state index contributed by atoms with van der Waals surface area (Å²) in [6.07, 6.45) is 9.77. The van der Waals surface area contributed by atoms with E-state index < -0.39 is 0 Å². The van der Waals surface area contributed by atoms with Gasteiger partial charge < -0.3 is 15.7 Å². The van der Waals surface area contributed by atoms with E-state index in [9.17, 15) is 5.11 Å². The van der Waals surface area contributed by atoms with Crippen LogP contribution in [-0.2, 0) is 24.7 Å². The number of para-hydroxylation sites is 1. The van der Waals surface area contributed by atoms with Crippen LogP contribution in [0.25, 0.3) is 0 Å². The Hall–Kier alpha value is -2.00. The van der Waals surface area contributed by atoms with Gasteiger partial charge in [-0.05, 0) is 85.4 Å². The second-order valence-electron chi connectivity index (χ2n) is 9.08. The Morgan fingerprint density at radius 2 is 1.96 bits per heavy atom. The van der Waals surface area contributed by atoms with Crippen molar-refractivity contribution in [1.82, 2.24) is 5.32 Å². The molecule has 3 atom stereocenters. The maximum Gasteiger partial charge on any atom is 0.139 e. The summed E-state index contributed by atoms with van der Waals surface area (Å²) in [6.45, 7) is 1.13. The number of aryl methyl sites for hydroxylation is 1. The Kier molecular flexibility index (Phi) is 3.41. The fourth-order valence-corrected chi connectivity index (χ4v) is 6.80. The fourth-order valence-electron chi connectivity index (χ4n) is 6.80. The quantitative estimate of drug-likeness (QED) is 0.603. The summed E-state index contributed by atoms with van der Waals surface area (Å²) in [5.74, 6) is 1.21. The van der Waals surface area contributed by atoms with Crippen LogP contribution >= 0.6 is 0 Å². The zero-order valence-corrected chi connectivity index (χ0v) is 15.9. The maximum atomic E-state index is 11.1. The average Bonchev–Trinajstić information content (AvgIpc) is 2.89. The van der Waals surface area contributed by atoms with Crippen LogP contribution < -0.4 is 10.6 Å². The lowest BCUT2D eigenvalue weighted by Gasteiger charge is -2.56. The molecule has 0 spiro atoms. The highest BCUT2D eigenvalue weighted by molar-refractivity contribution is 5.76. The minimum Gasteiger partial charge on any atom is -0.506 e. The molecule has 140 valence electrons. The molecule has 0 aromatic heterocycles. The standard InChI is InChI=1S/C24H28N2O/c27-22-14-19-17(13-21-18-6-3-4-10-24(18,19)11-12-25-21)16-9-8-15-5-1-2-7-20(15)26-23(16)22/h1-2,5,7,14,18,21,25-27H,3-4,6,8-13H2/t18?,21-,24-/m0/s1. The van der Waals surface area contributed by atoms with Crippen LogP contribution in [0, 0.1) is 5.92 Å². The number of aromatic hydroxyl groups is 1. The van der Waals surface area contributed by atoms with Crippen molar-refractivity contribution in [2.45, 2.75) is 62.8 Å². The molecule has 0 amide bonds. The van der Waals surface area contributed by atoms with Gasteiger partial charge in [-0.2, -0.15) is 0 Å². The lowest BCUT2D eigenvalue weighted by Crippen LogP contribution is -2.59. The number of hydrogen-bond acceptors (Lipinski definition) is 3. The van der Waals surface area contributed by atoms with Crippen molar-refractivity contribution >= 4 is 11.4 Å². The van der Waals surface area contributed by atoms with Gasteiger partial charge in [0, 0.05) is 17.1 Å². The molecule has 3 heteroatoms. The van der Waals surface area contributed by atoms with Crippen LogP contribution in [0.2, 0.25) is 0 Å². The second-order valence-corrected chi connectivity index (χ2v) is 9.08. The number of phenols is 1. The van der Waals surface area contributed by atoms with Gasteiger partial charge >= 0.3 is 0 Å². The molecule has 1 saturated carbocycles. The van der Waals surface area contributed by atoms with Gasteiger partial charge in [-0.1, -0.05) is 31.0 Å². The summed E-state index contributed by atoms with van der Waals surface area (Å²) in [4.78, 5) is 0. The van der Waals surface area contributed by atoms with E-state index in [-0.39, 0.29) is 0 Å². The molecule has 2 aromatic carbocycles. The van der Waals surface area contributed by atoms with E-state index in [1.807, 2.05) is 0 Å². The molecule has 0 radical (unpaired) electrons. The molecule has 4 aliphatic rings. The molecule has 2 fully saturated rings. The molecule has 3 N–H and O–H groups in total. The molecular weight excluding hydrogens is 332 g/mol. The second kappa shape index (κ2) is 5.75. The number of phenolic OH excluding ortho intramolecular Hbond substituents is 1. The summed E-state index contributed by atoms with van der Waals surface area (Å²) in [6, 6.07) is 11.3. The third-order valence-corrected chi connectivity index (χ3v) is 7.97. The number of benzene rings is 2. The predicted molar refractivity (Wildman–Crippen MR) is 109 cm³/mol. The van der Waals surface area contributed by atoms with E-state index in [2.05, 4.69) is 41.0 Å². The monoisotopic (exact) mass is 360 g/mol. The van der Waals surface area contributed by atoms with E-state index in [1.54, 1.807) is 5.56 Å². The number of rotatable bonds is 0. The smallest absolute Gasteiger partial charge is 0.139 e. The molecule has 3 nitrogen and oxygen atoms in total. The summed E-state index contributed by atoms with van der Waals surface area (Å²) in [5.41, 5.74) is 8.17. The van der Waals surface area contributed by atoms with Crippen LogP contribution in [0.4, 0.5) is 11.4 Å². The van der Waals surface area contributed by atoms with Gasteiger partial charge in [0.25, 0.3) is 0 Å². The lowest BCUT2D eigenvalue weighted by molar-refractivity contribution is 0.0793. The van der Waals surface area contributed by atoms with E-state index in [4.69, 9.17) is 0 Å². The number of hydrogen-bond donors (Lipinski definition) is 3. The van der Waals surface area contributed by atoms with E-state index >= 15 is 0 Å². The first kappa shape index (κ1) is 16.0. The lowest BCUT2D eigenvalue weighted by atomic mass is 9.52. The summed E-state index contributed by atoms with van der Waals surface area (Å²) in [5, 5.41) is 18.5. The topological polar surface area (TPSA) is 44.3 Å². The van der Waals surface area contributed by atoms with E-state index in [1.165, 1.54) is 48.8 Å². The van der Waals surface area contributed by atoms with Gasteiger partial charge in [0.05, 0.1) is 5.69 Å². The summed E-state index contributed by atoms with van der Waals surface area (Å²) in [7, 11) is 0. The van der Waals surface area contributed by atoms with Crippen molar-refractivity contribution < 1.29 is 5.11 Å². The predicted octanol–water partition coefficient (Wildman–Crippen LogP) is 4.58. The SMILES string of the molecule is Oc1cc2c(c3c1Nc1ccccc1CC3)C[C@@H]1NCC[C@]23CCCCC13. The molecule has 2 aromatic rings. The van der Waals surface area contributed by atoms with Crippen molar-refractivity contribution in [1.29, 1.82) is 0 Å². The molecule has 2 aliphatic carbocycles. The molecule has 2 aliphatic heterocycles. The van der Waals surface area contributed by atoms with Crippen LogP contribution in [0.15, 0.2) is 30.3 Å². The minimum atomic E-state index is 0.299. The van der Waals surface area contributed by atoms with Crippen molar-refractivity contribution in [3.8, 4) is 5.75 Å². The Labute approximate surface area is 161 Å². The maximum absolute atomic E-state index is 11.1. The molecule has 27 heavy (non-hydrogen) atoms. The van der Waals surface area contributed by atoms with Crippen molar-refractivity contribution in [2.75, 3.05) is 11.9 Å². The largest absolute Gasteiger partial charge is 0.506 e. The van der Waals surface area contributed by atoms with Crippen molar-refractivity contribution in [3.05, 3.63) is 52.6 Å². The van der Waals surface area contributed by atoms with E-state index in [0.717, 1.165) is 43.1 Å². The summed E-state index contributed by atoms with van der Waals surface area (Å²) >= 11 is 0. The van der Waals surface area contributed by atoms with Gasteiger partial charge in [-0.3, -0.25) is 0 Å². The fraction of sp³-hybridized carbons (Fsp3) is 0.500. The van der Waals surface area contributed by atoms with Crippen molar-refractivity contribution in [3.63, 3.8) is 0 Å². The Morgan fingerprint density at radius 3 is 2.93 bits per heavy atom. The molecular formula is C24H28N2O. The van der Waals surface area contributed by atoms with Gasteiger partial charge in [0.15, 0.2) is 0 Å².